The largest absolute Gasteiger partial charge is 0.507 e. The number of benzene rings is 2. The first-order chi connectivity index (χ1) is 15.5. The Balaban J connectivity index is 2.36. The molecule has 0 saturated carbocycles. The van der Waals surface area contributed by atoms with Gasteiger partial charge in [-0.25, -0.2) is 0 Å². The third-order valence-corrected chi connectivity index (χ3v) is 5.57. The summed E-state index contributed by atoms with van der Waals surface area (Å²) in [6.45, 7) is 9.80. The van der Waals surface area contributed by atoms with E-state index in [4.69, 9.17) is 4.42 Å². The number of aromatic hydroxyl groups is 4. The summed E-state index contributed by atoms with van der Waals surface area (Å²) in [5.74, 6) is -1.24. The van der Waals surface area contributed by atoms with Crippen LogP contribution < -0.4 is 5.43 Å². The number of fused-ring (bicyclic) bond motifs is 2. The average molecular weight is 451 g/mol. The second-order valence-corrected chi connectivity index (χ2v) is 8.82. The minimum Gasteiger partial charge on any atom is -0.507 e. The normalized spacial score (nSPS) is 11.7. The van der Waals surface area contributed by atoms with E-state index in [0.717, 1.165) is 17.6 Å². The van der Waals surface area contributed by atoms with Gasteiger partial charge in [0.2, 0.25) is 5.43 Å². The number of rotatable bonds is 6. The second kappa shape index (κ2) is 9.45. The van der Waals surface area contributed by atoms with Crippen LogP contribution in [0.3, 0.4) is 0 Å². The third-order valence-electron chi connectivity index (χ3n) is 5.57. The molecular formula is C27H30O6. The Morgan fingerprint density at radius 1 is 0.758 bits per heavy atom. The lowest BCUT2D eigenvalue weighted by Gasteiger charge is -2.15. The molecule has 0 aliphatic carbocycles. The Bertz CT molecular complexity index is 1380. The van der Waals surface area contributed by atoms with E-state index in [0.29, 0.717) is 5.56 Å². The Hall–Kier alpha value is -3.67. The van der Waals surface area contributed by atoms with Crippen molar-refractivity contribution in [1.29, 1.82) is 0 Å². The van der Waals surface area contributed by atoms with Crippen LogP contribution in [0.25, 0.3) is 21.9 Å². The van der Waals surface area contributed by atoms with Crippen molar-refractivity contribution in [3.63, 3.8) is 0 Å². The monoisotopic (exact) mass is 450 g/mol. The van der Waals surface area contributed by atoms with E-state index in [1.54, 1.807) is 0 Å². The highest BCUT2D eigenvalue weighted by molar-refractivity contribution is 6.00. The minimum atomic E-state index is -0.679. The molecule has 3 rings (SSSR count). The summed E-state index contributed by atoms with van der Waals surface area (Å²) < 4.78 is 5.83. The molecule has 6 heteroatoms. The summed E-state index contributed by atoms with van der Waals surface area (Å²) in [5, 5.41) is 42.3. The van der Waals surface area contributed by atoms with Crippen molar-refractivity contribution >= 4 is 21.9 Å². The fourth-order valence-corrected chi connectivity index (χ4v) is 3.66. The lowest BCUT2D eigenvalue weighted by molar-refractivity contribution is 0.437. The van der Waals surface area contributed by atoms with Crippen LogP contribution in [-0.4, -0.2) is 20.4 Å². The zero-order valence-electron chi connectivity index (χ0n) is 19.6. The van der Waals surface area contributed by atoms with Crippen LogP contribution in [0.1, 0.15) is 52.2 Å². The lowest BCUT2D eigenvalue weighted by Crippen LogP contribution is -2.06. The zero-order chi connectivity index (χ0) is 24.4. The first kappa shape index (κ1) is 24.0. The summed E-state index contributed by atoms with van der Waals surface area (Å²) in [6, 6.07) is 2.41. The maximum absolute atomic E-state index is 13.3. The third kappa shape index (κ3) is 4.75. The van der Waals surface area contributed by atoms with Gasteiger partial charge in [0.1, 0.15) is 33.6 Å². The molecule has 0 aliphatic heterocycles. The molecule has 3 aromatic rings. The summed E-state index contributed by atoms with van der Waals surface area (Å²) >= 11 is 0. The number of hydrogen-bond acceptors (Lipinski definition) is 6. The van der Waals surface area contributed by atoms with Crippen LogP contribution in [0, 0.1) is 0 Å². The molecule has 0 amide bonds. The van der Waals surface area contributed by atoms with Gasteiger partial charge in [0.25, 0.3) is 0 Å². The van der Waals surface area contributed by atoms with E-state index < -0.39 is 11.2 Å². The maximum Gasteiger partial charge on any atom is 0.208 e. The van der Waals surface area contributed by atoms with Gasteiger partial charge in [-0.3, -0.25) is 4.79 Å². The van der Waals surface area contributed by atoms with Gasteiger partial charge in [0.15, 0.2) is 11.3 Å². The minimum absolute atomic E-state index is 0.0186. The van der Waals surface area contributed by atoms with Crippen molar-refractivity contribution < 1.29 is 24.8 Å². The molecule has 0 bridgehead atoms. The summed E-state index contributed by atoms with van der Waals surface area (Å²) in [5.41, 5.74) is 2.88. The number of phenolic OH excluding ortho intramolecular Hbond substituents is 4. The van der Waals surface area contributed by atoms with Crippen molar-refractivity contribution in [3.8, 4) is 23.0 Å². The Morgan fingerprint density at radius 3 is 2.00 bits per heavy atom. The molecule has 6 nitrogen and oxygen atoms in total. The van der Waals surface area contributed by atoms with Gasteiger partial charge in [-0.05, 0) is 66.0 Å². The molecule has 33 heavy (non-hydrogen) atoms. The summed E-state index contributed by atoms with van der Waals surface area (Å²) in [4.78, 5) is 13.3. The molecular weight excluding hydrogens is 420 g/mol. The topological polar surface area (TPSA) is 111 Å². The van der Waals surface area contributed by atoms with Gasteiger partial charge in [0, 0.05) is 11.1 Å². The molecule has 0 aliphatic rings. The molecule has 0 fully saturated rings. The molecule has 0 radical (unpaired) electrons. The number of allylic oxidation sites excluding steroid dienone is 6. The van der Waals surface area contributed by atoms with E-state index in [-0.39, 0.29) is 57.6 Å². The predicted octanol–water partition coefficient (Wildman–Crippen LogP) is 6.12. The highest BCUT2D eigenvalue weighted by Crippen LogP contribution is 2.42. The maximum atomic E-state index is 13.3. The zero-order valence-corrected chi connectivity index (χ0v) is 19.6. The fraction of sp³-hybridized carbons (Fsp3) is 0.296. The predicted molar refractivity (Wildman–Crippen MR) is 131 cm³/mol. The first-order valence-corrected chi connectivity index (χ1v) is 10.8. The van der Waals surface area contributed by atoms with E-state index in [9.17, 15) is 25.2 Å². The lowest BCUT2D eigenvalue weighted by atomic mass is 9.95. The van der Waals surface area contributed by atoms with E-state index >= 15 is 0 Å². The van der Waals surface area contributed by atoms with Crippen molar-refractivity contribution in [1.82, 2.24) is 0 Å². The van der Waals surface area contributed by atoms with Crippen LogP contribution in [0.15, 0.2) is 56.3 Å². The SMILES string of the molecule is CC(C)=CC/C(C)=C/Cc1c(O)c(CC=C(C)C)c2oc3c(O)ccc(O)c3c(=O)c2c1O. The molecule has 4 N–H and O–H groups in total. The van der Waals surface area contributed by atoms with E-state index in [1.807, 2.05) is 46.8 Å². The van der Waals surface area contributed by atoms with Crippen molar-refractivity contribution in [2.75, 3.05) is 0 Å². The molecule has 1 aromatic heterocycles. The van der Waals surface area contributed by atoms with Gasteiger partial charge >= 0.3 is 0 Å². The molecule has 2 aromatic carbocycles. The van der Waals surface area contributed by atoms with Gasteiger partial charge in [-0.2, -0.15) is 0 Å². The van der Waals surface area contributed by atoms with Gasteiger partial charge in [-0.15, -0.1) is 0 Å². The van der Waals surface area contributed by atoms with E-state index in [2.05, 4.69) is 6.08 Å². The fourth-order valence-electron chi connectivity index (χ4n) is 3.66. The standard InChI is InChI=1S/C27H30O6/c1-14(2)6-8-16(5)9-11-17-23(30)18(10-7-15(3)4)26-22(24(17)31)25(32)21-19(28)12-13-20(29)27(21)33-26/h6-7,9,12-13,28-31H,8,10-11H2,1-5H3/b16-9+. The molecule has 0 unspecified atom stereocenters. The molecule has 0 atom stereocenters. The Morgan fingerprint density at radius 2 is 1.36 bits per heavy atom. The number of hydrogen-bond donors (Lipinski definition) is 4. The summed E-state index contributed by atoms with van der Waals surface area (Å²) in [7, 11) is 0. The van der Waals surface area contributed by atoms with Crippen LogP contribution >= 0.6 is 0 Å². The van der Waals surface area contributed by atoms with Crippen LogP contribution in [0.4, 0.5) is 0 Å². The smallest absolute Gasteiger partial charge is 0.208 e. The molecule has 0 spiro atoms. The molecule has 1 heterocycles. The van der Waals surface area contributed by atoms with Crippen molar-refractivity contribution in [3.05, 3.63) is 68.4 Å². The van der Waals surface area contributed by atoms with E-state index in [1.165, 1.54) is 17.7 Å². The highest BCUT2D eigenvalue weighted by atomic mass is 16.4. The molecule has 174 valence electrons. The second-order valence-electron chi connectivity index (χ2n) is 8.82. The molecule has 0 saturated heterocycles. The van der Waals surface area contributed by atoms with Crippen LogP contribution in [0.5, 0.6) is 23.0 Å². The van der Waals surface area contributed by atoms with Crippen LogP contribution in [0.2, 0.25) is 0 Å². The summed E-state index contributed by atoms with van der Waals surface area (Å²) in [6.07, 6.45) is 7.06. The van der Waals surface area contributed by atoms with Gasteiger partial charge in [0.05, 0.1) is 0 Å². The highest BCUT2D eigenvalue weighted by Gasteiger charge is 2.25. The van der Waals surface area contributed by atoms with Crippen LogP contribution in [-0.2, 0) is 12.8 Å². The van der Waals surface area contributed by atoms with Crippen molar-refractivity contribution in [2.24, 2.45) is 0 Å². The van der Waals surface area contributed by atoms with Crippen molar-refractivity contribution in [2.45, 2.75) is 53.9 Å². The van der Waals surface area contributed by atoms with Gasteiger partial charge in [-0.1, -0.05) is 34.9 Å². The van der Waals surface area contributed by atoms with Gasteiger partial charge < -0.3 is 24.8 Å². The number of phenols is 4. The Kier molecular flexibility index (Phi) is 6.86. The Labute approximate surface area is 192 Å². The first-order valence-electron chi connectivity index (χ1n) is 10.8. The quantitative estimate of drug-likeness (QED) is 0.204. The average Bonchev–Trinajstić information content (AvgIpc) is 2.74.